The molecule has 0 radical (unpaired) electrons. The number of ketones is 1. The third-order valence-electron chi connectivity index (χ3n) is 14.0. The van der Waals surface area contributed by atoms with Gasteiger partial charge >= 0.3 is 24.0 Å². The van der Waals surface area contributed by atoms with E-state index in [1.54, 1.807) is 14.0 Å². The number of H-pyrrole nitrogens is 1. The number of carbonyl (C=O) groups excluding carboxylic acids is 2. The van der Waals surface area contributed by atoms with Crippen LogP contribution in [0.15, 0.2) is 30.3 Å². The van der Waals surface area contributed by atoms with Gasteiger partial charge in [0.15, 0.2) is 28.8 Å². The Kier molecular flexibility index (Phi) is 9.98. The summed E-state index contributed by atoms with van der Waals surface area (Å²) in [5, 5.41) is 26.4. The molecule has 1 aromatic heterocycles. The van der Waals surface area contributed by atoms with Crippen molar-refractivity contribution in [2.45, 2.75) is 85.7 Å². The second kappa shape index (κ2) is 14.9. The van der Waals surface area contributed by atoms with Gasteiger partial charge in [-0.2, -0.15) is 36.0 Å². The molecule has 7 aliphatic heterocycles. The van der Waals surface area contributed by atoms with Gasteiger partial charge in [-0.3, -0.25) is 19.9 Å². The van der Waals surface area contributed by atoms with Crippen molar-refractivity contribution in [3.05, 3.63) is 75.0 Å². The first-order valence-corrected chi connectivity index (χ1v) is 21.7. The van der Waals surface area contributed by atoms with E-state index in [0.29, 0.717) is 35.3 Å². The molecule has 4 bridgehead atoms. The van der Waals surface area contributed by atoms with Crippen LogP contribution in [0.1, 0.15) is 62.0 Å². The van der Waals surface area contributed by atoms with Crippen LogP contribution in [0, 0.1) is 25.2 Å². The van der Waals surface area contributed by atoms with Crippen molar-refractivity contribution in [3.63, 3.8) is 0 Å². The summed E-state index contributed by atoms with van der Waals surface area (Å²) < 4.78 is 130. The van der Waals surface area contributed by atoms with Gasteiger partial charge in [0.25, 0.3) is 0 Å². The molecule has 7 aliphatic rings. The Balaban J connectivity index is 1.25. The number of alkyl halides is 7. The van der Waals surface area contributed by atoms with Gasteiger partial charge in [0.05, 0.1) is 37.1 Å². The number of rotatable bonds is 4. The zero-order valence-electron chi connectivity index (χ0n) is 35.0. The van der Waals surface area contributed by atoms with Crippen molar-refractivity contribution in [2.24, 2.45) is 0 Å². The molecule has 1 unspecified atom stereocenters. The number of thioether (sulfide) groups is 1. The van der Waals surface area contributed by atoms with Crippen molar-refractivity contribution >= 4 is 34.4 Å². The number of piperazine rings is 1. The van der Waals surface area contributed by atoms with E-state index >= 15 is 8.78 Å². The number of methoxy groups -OCH3 is 1. The maximum atomic E-state index is 15.4. The molecule has 2 saturated heterocycles. The van der Waals surface area contributed by atoms with Crippen LogP contribution in [0.4, 0.5) is 30.7 Å². The number of likely N-dealkylation sites (N-methyl/N-ethyl adjacent to an activating group) is 1. The van der Waals surface area contributed by atoms with E-state index in [0.717, 1.165) is 28.2 Å². The number of para-hydroxylation sites is 1. The molecular weight excluding hydrogens is 892 g/mol. The van der Waals surface area contributed by atoms with Gasteiger partial charge in [-0.25, -0.2) is 4.79 Å². The number of Topliss-reactive ketones (excluding diaryl/α,β-unsaturated/α-hetero) is 1. The Morgan fingerprint density at radius 3 is 2.52 bits per heavy atom. The number of aromatic nitrogens is 1. The molecule has 7 atom stereocenters. The molecular formula is C44H40F7N5O8S. The minimum absolute atomic E-state index is 0.0117. The van der Waals surface area contributed by atoms with E-state index in [4.69, 9.17) is 23.7 Å². The lowest BCUT2D eigenvalue weighted by atomic mass is 9.71. The van der Waals surface area contributed by atoms with E-state index in [1.807, 2.05) is 40.1 Å². The topological polar surface area (TPSA) is 159 Å². The fourth-order valence-electron chi connectivity index (χ4n) is 11.1. The number of aromatic amines is 1. The number of benzene rings is 3. The van der Waals surface area contributed by atoms with Gasteiger partial charge in [-0.05, 0) is 56.5 Å². The average molecular weight is 932 g/mol. The number of carbonyl (C=O) groups is 2. The smallest absolute Gasteiger partial charge is 0.460 e. The van der Waals surface area contributed by atoms with Crippen LogP contribution in [-0.2, 0) is 32.7 Å². The predicted octanol–water partition coefficient (Wildman–Crippen LogP) is 6.61. The van der Waals surface area contributed by atoms with Crippen LogP contribution in [0.25, 0.3) is 10.9 Å². The van der Waals surface area contributed by atoms with Crippen LogP contribution in [0.2, 0.25) is 0 Å². The Morgan fingerprint density at radius 2 is 1.80 bits per heavy atom. The summed E-state index contributed by atoms with van der Waals surface area (Å²) in [4.78, 5) is 35.5. The van der Waals surface area contributed by atoms with Crippen LogP contribution in [-0.4, -0.2) is 114 Å². The number of halogens is 7. The fraction of sp³-hybridized carbons (Fsp3) is 0.477. The third-order valence-corrected chi connectivity index (χ3v) is 15.5. The maximum absolute atomic E-state index is 15.4. The number of phenolic OH excluding ortho intramolecular Hbond substituents is 1. The van der Waals surface area contributed by atoms with Crippen molar-refractivity contribution < 1.29 is 69.1 Å². The first-order chi connectivity index (χ1) is 30.8. The summed E-state index contributed by atoms with van der Waals surface area (Å²) in [6.45, 7) is 2.00. The highest BCUT2D eigenvalue weighted by Crippen LogP contribution is 2.65. The highest BCUT2D eigenvalue weighted by molar-refractivity contribution is 7.99. The third kappa shape index (κ3) is 5.92. The first kappa shape index (κ1) is 43.6. The second-order valence-electron chi connectivity index (χ2n) is 17.2. The van der Waals surface area contributed by atoms with Gasteiger partial charge in [-0.1, -0.05) is 24.3 Å². The van der Waals surface area contributed by atoms with Gasteiger partial charge in [0, 0.05) is 63.2 Å². The van der Waals surface area contributed by atoms with Crippen molar-refractivity contribution in [1.82, 2.24) is 20.1 Å². The summed E-state index contributed by atoms with van der Waals surface area (Å²) in [7, 11) is 3.14. The van der Waals surface area contributed by atoms with Gasteiger partial charge in [0.1, 0.15) is 23.9 Å². The molecule has 0 saturated carbocycles. The number of aryl methyl sites for hydroxylation is 1. The molecule has 344 valence electrons. The summed E-state index contributed by atoms with van der Waals surface area (Å²) in [5.41, 5.74) is 2.01. The molecule has 0 aliphatic carbocycles. The lowest BCUT2D eigenvalue weighted by molar-refractivity contribution is -0.346. The number of phenols is 1. The van der Waals surface area contributed by atoms with E-state index in [1.165, 1.54) is 14.0 Å². The van der Waals surface area contributed by atoms with Crippen LogP contribution < -0.4 is 24.3 Å². The van der Waals surface area contributed by atoms with E-state index < -0.39 is 96.5 Å². The van der Waals surface area contributed by atoms with Gasteiger partial charge in [0.2, 0.25) is 6.79 Å². The predicted molar refractivity (Wildman–Crippen MR) is 217 cm³/mol. The van der Waals surface area contributed by atoms with Gasteiger partial charge < -0.3 is 33.8 Å². The van der Waals surface area contributed by atoms with Crippen molar-refractivity contribution in [3.8, 4) is 34.8 Å². The zero-order chi connectivity index (χ0) is 46.3. The van der Waals surface area contributed by atoms with Crippen LogP contribution in [0.3, 0.4) is 0 Å². The SMILES string of the molecule is COc1c(C)cc2c(c1O)[C@@H]1C3[C@@H]4SC[C@]5(NCCc6c5[nH]c5ccccc65)C(=O)COC[C@@H](c5c6c(c(C)c(OC(=O)C(F)(F)C(F)(F)C(F)(F)F)c54)OCO6)N3[C@@H](C#N)[C@H](C2)N1C. The monoisotopic (exact) mass is 931 g/mol. The second-order valence-corrected chi connectivity index (χ2v) is 18.3. The Labute approximate surface area is 370 Å². The fourth-order valence-corrected chi connectivity index (χ4v) is 12.8. The number of nitriles is 1. The first-order valence-electron chi connectivity index (χ1n) is 20.7. The molecule has 0 amide bonds. The zero-order valence-corrected chi connectivity index (χ0v) is 35.8. The van der Waals surface area contributed by atoms with E-state index in [2.05, 4.69) is 16.4 Å². The number of fused-ring (bicyclic) bond motifs is 12. The van der Waals surface area contributed by atoms with E-state index in [-0.39, 0.29) is 51.9 Å². The summed E-state index contributed by atoms with van der Waals surface area (Å²) in [5.74, 6) is -18.0. The number of nitrogens with one attached hydrogen (secondary N) is 2. The molecule has 21 heteroatoms. The molecule has 4 aromatic rings. The van der Waals surface area contributed by atoms with Crippen molar-refractivity contribution in [2.75, 3.05) is 46.5 Å². The van der Waals surface area contributed by atoms with Gasteiger partial charge in [-0.15, -0.1) is 11.8 Å². The molecule has 13 nitrogen and oxygen atoms in total. The number of esters is 1. The Hall–Kier alpha value is -5.27. The number of hydrogen-bond acceptors (Lipinski definition) is 13. The number of nitrogens with zero attached hydrogens (tertiary/aromatic N) is 3. The number of ether oxygens (including phenoxy) is 5. The Bertz CT molecular complexity index is 2740. The molecule has 3 aromatic carbocycles. The molecule has 1 spiro atoms. The van der Waals surface area contributed by atoms with E-state index in [9.17, 15) is 41.9 Å². The quantitative estimate of drug-likeness (QED) is 0.114. The lowest BCUT2D eigenvalue weighted by Gasteiger charge is -2.61. The summed E-state index contributed by atoms with van der Waals surface area (Å²) >= 11 is 1.09. The summed E-state index contributed by atoms with van der Waals surface area (Å²) in [6.07, 6.45) is -6.05. The summed E-state index contributed by atoms with van der Waals surface area (Å²) in [6, 6.07) is 7.12. The average Bonchev–Trinajstić information content (AvgIpc) is 3.90. The number of hydrogen-bond donors (Lipinski definition) is 3. The molecule has 3 N–H and O–H groups in total. The standard InChI is InChI=1S/C44H40F7N5O8S/c1-18-11-20-12-24-25(13-52)56-26-14-61-15-27(57)41(39-22(9-10-53-41)21-7-5-6-8-23(21)54-39)16-65-38(32(56)31(55(24)3)28(20)33(58)34(18)60-4)30-29(26)37-36(62-17-63-37)19(2)35(30)64-40(59)42(45,46)43(47,48)44(49,50)51/h5-8,11,24-26,31-32,38,53-54,58H,9-10,12,14-17H2,1-4H3/t24-,25-,26-,31+,32?,38+,41-/m0/s1. The molecule has 2 fully saturated rings. The lowest BCUT2D eigenvalue weighted by Crippen LogP contribution is -2.69. The number of aromatic hydroxyl groups is 1. The maximum Gasteiger partial charge on any atom is 0.460 e. The largest absolute Gasteiger partial charge is 0.504 e. The Morgan fingerprint density at radius 1 is 1.06 bits per heavy atom. The van der Waals surface area contributed by atoms with Crippen LogP contribution >= 0.6 is 11.8 Å². The van der Waals surface area contributed by atoms with Crippen molar-refractivity contribution in [1.29, 1.82) is 5.26 Å². The highest BCUT2D eigenvalue weighted by Gasteiger charge is 2.77. The molecule has 11 rings (SSSR count). The minimum atomic E-state index is -6.85. The molecule has 8 heterocycles. The van der Waals surface area contributed by atoms with Crippen LogP contribution in [0.5, 0.6) is 28.7 Å². The highest BCUT2D eigenvalue weighted by atomic mass is 32.2. The normalized spacial score (nSPS) is 27.6. The minimum Gasteiger partial charge on any atom is -0.504 e. The molecule has 65 heavy (non-hydrogen) atoms.